The van der Waals surface area contributed by atoms with E-state index >= 15 is 0 Å². The van der Waals surface area contributed by atoms with Gasteiger partial charge in [-0.3, -0.25) is 4.79 Å². The molecule has 5 heteroatoms. The summed E-state index contributed by atoms with van der Waals surface area (Å²) in [6.45, 7) is 6.63. The Hall–Kier alpha value is -1.75. The molecule has 110 valence electrons. The second-order valence-corrected chi connectivity index (χ2v) is 5.42. The summed E-state index contributed by atoms with van der Waals surface area (Å²) in [5.74, 6) is 0.204. The zero-order valence-corrected chi connectivity index (χ0v) is 12.1. The molecule has 0 saturated carbocycles. The lowest BCUT2D eigenvalue weighted by atomic mass is 9.96. The van der Waals surface area contributed by atoms with Crippen molar-refractivity contribution < 1.29 is 4.79 Å². The third kappa shape index (κ3) is 3.63. The van der Waals surface area contributed by atoms with Crippen LogP contribution in [-0.4, -0.2) is 37.0 Å². The minimum Gasteiger partial charge on any atom is -0.398 e. The van der Waals surface area contributed by atoms with Gasteiger partial charge in [-0.2, -0.15) is 0 Å². The maximum Gasteiger partial charge on any atom is 0.250 e. The summed E-state index contributed by atoms with van der Waals surface area (Å²) in [6.07, 6.45) is 2.44. The van der Waals surface area contributed by atoms with Crippen LogP contribution in [0.5, 0.6) is 0 Å². The number of carbonyl (C=O) groups is 1. The van der Waals surface area contributed by atoms with Gasteiger partial charge in [0.15, 0.2) is 0 Å². The second kappa shape index (κ2) is 6.61. The number of piperidine rings is 1. The minimum absolute atomic E-state index is 0.385. The van der Waals surface area contributed by atoms with Gasteiger partial charge in [0, 0.05) is 17.9 Å². The fourth-order valence-corrected chi connectivity index (χ4v) is 2.65. The van der Waals surface area contributed by atoms with E-state index in [1.165, 1.54) is 25.9 Å². The van der Waals surface area contributed by atoms with Crippen molar-refractivity contribution in [2.75, 3.05) is 37.2 Å². The minimum atomic E-state index is -0.484. The van der Waals surface area contributed by atoms with Gasteiger partial charge in [-0.1, -0.05) is 6.92 Å². The average molecular weight is 276 g/mol. The Morgan fingerprint density at radius 1 is 1.40 bits per heavy atom. The number of likely N-dealkylation sites (tertiary alicyclic amines) is 1. The number of rotatable bonds is 5. The van der Waals surface area contributed by atoms with E-state index < -0.39 is 5.91 Å². The monoisotopic (exact) mass is 276 g/mol. The molecule has 1 aliphatic heterocycles. The first kappa shape index (κ1) is 14.7. The Bertz CT molecular complexity index is 467. The molecular formula is C15H24N4O. The fourth-order valence-electron chi connectivity index (χ4n) is 2.65. The van der Waals surface area contributed by atoms with Gasteiger partial charge in [0.1, 0.15) is 0 Å². The molecule has 1 aromatic carbocycles. The predicted molar refractivity (Wildman–Crippen MR) is 82.7 cm³/mol. The number of nitrogens with two attached hydrogens (primary N) is 2. The van der Waals surface area contributed by atoms with E-state index in [0.717, 1.165) is 18.8 Å². The van der Waals surface area contributed by atoms with Crippen LogP contribution in [0.2, 0.25) is 0 Å². The van der Waals surface area contributed by atoms with Crippen LogP contribution in [0.4, 0.5) is 11.4 Å². The number of nitrogens with zero attached hydrogens (tertiary/aromatic N) is 1. The molecule has 0 spiro atoms. The molecule has 0 bridgehead atoms. The van der Waals surface area contributed by atoms with E-state index in [1.54, 1.807) is 12.1 Å². The maximum absolute atomic E-state index is 11.3. The standard InChI is InChI=1S/C15H24N4O/c1-2-19-7-5-11(6-8-19)10-18-12-3-4-14(16)13(9-12)15(17)20/h3-4,9,11,18H,2,5-8,10,16H2,1H3,(H2,17,20). The summed E-state index contributed by atoms with van der Waals surface area (Å²) in [6, 6.07) is 5.35. The number of carbonyl (C=O) groups excluding carboxylic acids is 1. The van der Waals surface area contributed by atoms with Crippen LogP contribution in [-0.2, 0) is 0 Å². The van der Waals surface area contributed by atoms with Gasteiger partial charge in [0.05, 0.1) is 5.56 Å². The Morgan fingerprint density at radius 3 is 2.70 bits per heavy atom. The number of nitrogen functional groups attached to an aromatic ring is 1. The molecule has 2 rings (SSSR count). The van der Waals surface area contributed by atoms with Crippen LogP contribution in [0.3, 0.4) is 0 Å². The number of amides is 1. The van der Waals surface area contributed by atoms with Crippen LogP contribution in [0.25, 0.3) is 0 Å². The van der Waals surface area contributed by atoms with Gasteiger partial charge < -0.3 is 21.7 Å². The lowest BCUT2D eigenvalue weighted by Gasteiger charge is -2.31. The summed E-state index contributed by atoms with van der Waals surface area (Å²) < 4.78 is 0. The van der Waals surface area contributed by atoms with Crippen molar-refractivity contribution in [3.8, 4) is 0 Å². The van der Waals surface area contributed by atoms with Gasteiger partial charge in [0.2, 0.25) is 0 Å². The van der Waals surface area contributed by atoms with Gasteiger partial charge >= 0.3 is 0 Å². The normalized spacial score (nSPS) is 17.1. The molecule has 0 unspecified atom stereocenters. The number of hydrogen-bond donors (Lipinski definition) is 3. The molecule has 1 amide bonds. The lowest BCUT2D eigenvalue weighted by Crippen LogP contribution is -2.35. The molecule has 1 heterocycles. The molecule has 1 saturated heterocycles. The van der Waals surface area contributed by atoms with E-state index in [2.05, 4.69) is 17.1 Å². The van der Waals surface area contributed by atoms with Crippen molar-refractivity contribution in [3.05, 3.63) is 23.8 Å². The number of hydrogen-bond acceptors (Lipinski definition) is 4. The van der Waals surface area contributed by atoms with E-state index in [0.29, 0.717) is 17.2 Å². The van der Waals surface area contributed by atoms with Crippen LogP contribution in [0.1, 0.15) is 30.1 Å². The Kier molecular flexibility index (Phi) is 4.84. The summed E-state index contributed by atoms with van der Waals surface area (Å²) in [5, 5.41) is 3.39. The fraction of sp³-hybridized carbons (Fsp3) is 0.533. The molecule has 1 aliphatic rings. The van der Waals surface area contributed by atoms with Crippen molar-refractivity contribution in [2.45, 2.75) is 19.8 Å². The van der Waals surface area contributed by atoms with Crippen LogP contribution in [0.15, 0.2) is 18.2 Å². The second-order valence-electron chi connectivity index (χ2n) is 5.42. The molecule has 1 aromatic rings. The van der Waals surface area contributed by atoms with Gasteiger partial charge in [-0.25, -0.2) is 0 Å². The highest BCUT2D eigenvalue weighted by Gasteiger charge is 2.17. The molecular weight excluding hydrogens is 252 g/mol. The average Bonchev–Trinajstić information content (AvgIpc) is 2.46. The molecule has 20 heavy (non-hydrogen) atoms. The van der Waals surface area contributed by atoms with E-state index in [1.807, 2.05) is 6.07 Å². The molecule has 5 nitrogen and oxygen atoms in total. The van der Waals surface area contributed by atoms with Gasteiger partial charge in [-0.15, -0.1) is 0 Å². The smallest absolute Gasteiger partial charge is 0.250 e. The SMILES string of the molecule is CCN1CCC(CNc2ccc(N)c(C(N)=O)c2)CC1. The zero-order chi connectivity index (χ0) is 14.5. The maximum atomic E-state index is 11.3. The van der Waals surface area contributed by atoms with Crippen LogP contribution < -0.4 is 16.8 Å². The molecule has 0 aliphatic carbocycles. The van der Waals surface area contributed by atoms with Crippen LogP contribution >= 0.6 is 0 Å². The Morgan fingerprint density at radius 2 is 2.10 bits per heavy atom. The van der Waals surface area contributed by atoms with Gasteiger partial charge in [-0.05, 0) is 56.6 Å². The summed E-state index contributed by atoms with van der Waals surface area (Å²) >= 11 is 0. The topological polar surface area (TPSA) is 84.4 Å². The molecule has 0 radical (unpaired) electrons. The summed E-state index contributed by atoms with van der Waals surface area (Å²) in [4.78, 5) is 13.7. The van der Waals surface area contributed by atoms with Gasteiger partial charge in [0.25, 0.3) is 5.91 Å². The summed E-state index contributed by atoms with van der Waals surface area (Å²) in [5.41, 5.74) is 12.7. The third-order valence-corrected chi connectivity index (χ3v) is 4.07. The lowest BCUT2D eigenvalue weighted by molar-refractivity contribution is 0.100. The highest BCUT2D eigenvalue weighted by atomic mass is 16.1. The van der Waals surface area contributed by atoms with Crippen molar-refractivity contribution in [1.82, 2.24) is 4.90 Å². The Labute approximate surface area is 120 Å². The predicted octanol–water partition coefficient (Wildman–Crippen LogP) is 1.51. The quantitative estimate of drug-likeness (QED) is 0.712. The largest absolute Gasteiger partial charge is 0.398 e. The number of primary amides is 1. The van der Waals surface area contributed by atoms with Crippen molar-refractivity contribution in [1.29, 1.82) is 0 Å². The first-order chi connectivity index (χ1) is 9.60. The number of benzene rings is 1. The van der Waals surface area contributed by atoms with E-state index in [-0.39, 0.29) is 0 Å². The molecule has 1 fully saturated rings. The third-order valence-electron chi connectivity index (χ3n) is 4.07. The first-order valence-corrected chi connectivity index (χ1v) is 7.25. The van der Waals surface area contributed by atoms with E-state index in [4.69, 9.17) is 11.5 Å². The number of anilines is 2. The van der Waals surface area contributed by atoms with Crippen molar-refractivity contribution >= 4 is 17.3 Å². The highest BCUT2D eigenvalue weighted by Crippen LogP contribution is 2.20. The van der Waals surface area contributed by atoms with Crippen molar-refractivity contribution in [3.63, 3.8) is 0 Å². The molecule has 5 N–H and O–H groups in total. The first-order valence-electron chi connectivity index (χ1n) is 7.25. The molecule has 0 atom stereocenters. The highest BCUT2D eigenvalue weighted by molar-refractivity contribution is 5.98. The van der Waals surface area contributed by atoms with Crippen molar-refractivity contribution in [2.24, 2.45) is 11.7 Å². The zero-order valence-electron chi connectivity index (χ0n) is 12.1. The molecule has 0 aromatic heterocycles. The van der Waals surface area contributed by atoms with E-state index in [9.17, 15) is 4.79 Å². The summed E-state index contributed by atoms with van der Waals surface area (Å²) in [7, 11) is 0. The van der Waals surface area contributed by atoms with Crippen LogP contribution in [0, 0.1) is 5.92 Å². The Balaban J connectivity index is 1.88. The number of nitrogens with one attached hydrogen (secondary N) is 1.